The maximum absolute atomic E-state index is 13.0. The van der Waals surface area contributed by atoms with Crippen LogP contribution in [0.5, 0.6) is 0 Å². The van der Waals surface area contributed by atoms with E-state index >= 15 is 0 Å². The van der Waals surface area contributed by atoms with Crippen LogP contribution in [0.25, 0.3) is 0 Å². The van der Waals surface area contributed by atoms with Crippen molar-refractivity contribution in [3.05, 3.63) is 122 Å². The normalized spacial score (nSPS) is 14.6. The minimum atomic E-state index is -4.63. The fraction of sp³-hybridized carbons (Fsp3) is 0.696. The van der Waals surface area contributed by atoms with E-state index in [1.54, 1.807) is 6.08 Å². The van der Waals surface area contributed by atoms with Crippen LogP contribution in [0.3, 0.4) is 0 Å². The van der Waals surface area contributed by atoms with Gasteiger partial charge < -0.3 is 28.8 Å². The number of likely N-dealkylation sites (N-methyl/N-ethyl adjacent to an activating group) is 1. The second-order valence-electron chi connectivity index (χ2n) is 22.4. The van der Waals surface area contributed by atoms with Gasteiger partial charge in [-0.1, -0.05) is 277 Å². The van der Waals surface area contributed by atoms with E-state index in [0.717, 1.165) is 83.5 Å². The van der Waals surface area contributed by atoms with Crippen molar-refractivity contribution in [3.8, 4) is 0 Å². The third-order valence-electron chi connectivity index (χ3n) is 13.7. The summed E-state index contributed by atoms with van der Waals surface area (Å²) >= 11 is 0. The number of quaternary nitrogens is 1. The van der Waals surface area contributed by atoms with Crippen molar-refractivity contribution in [2.24, 2.45) is 0 Å². The van der Waals surface area contributed by atoms with Crippen LogP contribution in [0.15, 0.2) is 122 Å². The second kappa shape index (κ2) is 58.6. The number of aliphatic hydroxyl groups is 1. The van der Waals surface area contributed by atoms with Gasteiger partial charge in [0.15, 0.2) is 0 Å². The number of rotatable bonds is 57. The molecule has 78 heavy (non-hydrogen) atoms. The van der Waals surface area contributed by atoms with Crippen LogP contribution in [0.2, 0.25) is 0 Å². The van der Waals surface area contributed by atoms with E-state index in [9.17, 15) is 19.4 Å². The Kier molecular flexibility index (Phi) is 56.2. The number of carbonyl (C=O) groups excluding carboxylic acids is 1. The molecule has 0 aromatic rings. The Labute approximate surface area is 482 Å². The number of allylic oxidation sites excluding steroid dienone is 19. The molecule has 1 amide bonds. The third kappa shape index (κ3) is 60.5. The van der Waals surface area contributed by atoms with Crippen LogP contribution >= 0.6 is 7.82 Å². The van der Waals surface area contributed by atoms with Crippen LogP contribution in [-0.2, 0) is 18.4 Å². The van der Waals surface area contributed by atoms with Gasteiger partial charge in [-0.15, -0.1) is 0 Å². The number of aliphatic hydroxyl groups excluding tert-OH is 1. The predicted molar refractivity (Wildman–Crippen MR) is 339 cm³/mol. The number of hydrogen-bond donors (Lipinski definition) is 2. The van der Waals surface area contributed by atoms with Gasteiger partial charge in [0, 0.05) is 6.42 Å². The molecule has 0 rings (SSSR count). The van der Waals surface area contributed by atoms with E-state index in [4.69, 9.17) is 9.05 Å². The molecule has 0 aliphatic heterocycles. The monoisotopic (exact) mass is 1100 g/mol. The fourth-order valence-corrected chi connectivity index (χ4v) is 9.44. The average Bonchev–Trinajstić information content (AvgIpc) is 3.41. The molecule has 0 aromatic carbocycles. The molecular formula is C69H121N2O6P. The molecule has 0 fully saturated rings. The first-order chi connectivity index (χ1) is 38.0. The topological polar surface area (TPSA) is 108 Å². The molecule has 0 spiro atoms. The summed E-state index contributed by atoms with van der Waals surface area (Å²) in [6.07, 6.45) is 87.4. The number of hydrogen-bond acceptors (Lipinski definition) is 6. The first kappa shape index (κ1) is 74.9. The van der Waals surface area contributed by atoms with E-state index in [1.165, 1.54) is 148 Å². The second-order valence-corrected chi connectivity index (χ2v) is 23.8. The number of nitrogens with one attached hydrogen (secondary N) is 1. The van der Waals surface area contributed by atoms with Crippen molar-refractivity contribution in [3.63, 3.8) is 0 Å². The van der Waals surface area contributed by atoms with Crippen molar-refractivity contribution in [2.75, 3.05) is 40.9 Å². The molecular weight excluding hydrogens is 984 g/mol. The summed E-state index contributed by atoms with van der Waals surface area (Å²) in [5.74, 6) is -0.252. The van der Waals surface area contributed by atoms with Crippen molar-refractivity contribution in [1.82, 2.24) is 5.32 Å². The largest absolute Gasteiger partial charge is 0.756 e. The minimum Gasteiger partial charge on any atom is -0.756 e. The lowest BCUT2D eigenvalue weighted by atomic mass is 10.0. The molecule has 0 heterocycles. The summed E-state index contributed by atoms with van der Waals surface area (Å²) in [6.45, 7) is 4.49. The average molecular weight is 1110 g/mol. The number of phosphoric acid groups is 1. The number of phosphoric ester groups is 1. The highest BCUT2D eigenvalue weighted by Crippen LogP contribution is 2.38. The van der Waals surface area contributed by atoms with Gasteiger partial charge in [-0.2, -0.15) is 0 Å². The Bertz CT molecular complexity index is 1680. The molecule has 448 valence electrons. The van der Waals surface area contributed by atoms with Crippen LogP contribution in [0.4, 0.5) is 0 Å². The summed E-state index contributed by atoms with van der Waals surface area (Å²) in [4.78, 5) is 25.5. The molecule has 0 saturated carbocycles. The highest BCUT2D eigenvalue weighted by molar-refractivity contribution is 7.45. The van der Waals surface area contributed by atoms with E-state index in [-0.39, 0.29) is 18.9 Å². The number of unbranched alkanes of at least 4 members (excludes halogenated alkanes) is 26. The first-order valence-electron chi connectivity index (χ1n) is 31.9. The smallest absolute Gasteiger partial charge is 0.268 e. The van der Waals surface area contributed by atoms with Gasteiger partial charge in [0.2, 0.25) is 5.91 Å². The van der Waals surface area contributed by atoms with Crippen LogP contribution in [0.1, 0.15) is 258 Å². The summed E-state index contributed by atoms with van der Waals surface area (Å²) in [5.41, 5.74) is 0. The molecule has 3 atom stereocenters. The van der Waals surface area contributed by atoms with Gasteiger partial charge in [0.25, 0.3) is 7.82 Å². The van der Waals surface area contributed by atoms with Crippen molar-refractivity contribution < 1.29 is 32.9 Å². The van der Waals surface area contributed by atoms with Gasteiger partial charge in [0.05, 0.1) is 39.9 Å². The zero-order chi connectivity index (χ0) is 57.0. The SMILES string of the molecule is CC/C=C\C/C=C\C/C=C\C/C=C\C/C=C\C/C=C\C/C=C\C/C=C\CCCCC(=O)NC(COP(=O)([O-])OCC[N+](C)(C)C)C(O)/C=C/CC/C=C/CCCCCCCCCCCCCCCCCCCCCCCCC. The summed E-state index contributed by atoms with van der Waals surface area (Å²) in [7, 11) is 1.20. The van der Waals surface area contributed by atoms with E-state index < -0.39 is 26.6 Å². The molecule has 2 N–H and O–H groups in total. The Morgan fingerprint density at radius 3 is 1.19 bits per heavy atom. The molecule has 0 aliphatic rings. The highest BCUT2D eigenvalue weighted by Gasteiger charge is 2.23. The zero-order valence-corrected chi connectivity index (χ0v) is 52.0. The van der Waals surface area contributed by atoms with E-state index in [2.05, 4.69) is 129 Å². The van der Waals surface area contributed by atoms with Crippen LogP contribution in [0, 0.1) is 0 Å². The fourth-order valence-electron chi connectivity index (χ4n) is 8.71. The van der Waals surface area contributed by atoms with Gasteiger partial charge >= 0.3 is 0 Å². The minimum absolute atomic E-state index is 0.0218. The molecule has 0 aliphatic carbocycles. The summed E-state index contributed by atoms with van der Waals surface area (Å²) in [5, 5.41) is 13.9. The zero-order valence-electron chi connectivity index (χ0n) is 51.1. The molecule has 0 aromatic heterocycles. The molecule has 0 saturated heterocycles. The number of nitrogens with zero attached hydrogens (tertiary/aromatic N) is 1. The molecule has 8 nitrogen and oxygen atoms in total. The molecule has 0 radical (unpaired) electrons. The number of amides is 1. The van der Waals surface area contributed by atoms with Crippen LogP contribution < -0.4 is 10.2 Å². The predicted octanol–water partition coefficient (Wildman–Crippen LogP) is 19.5. The number of carbonyl (C=O) groups is 1. The first-order valence-corrected chi connectivity index (χ1v) is 33.4. The summed E-state index contributed by atoms with van der Waals surface area (Å²) in [6, 6.07) is -0.938. The highest BCUT2D eigenvalue weighted by atomic mass is 31.2. The Hall–Kier alpha value is -3.10. The van der Waals surface area contributed by atoms with Crippen molar-refractivity contribution >= 4 is 13.7 Å². The van der Waals surface area contributed by atoms with Crippen molar-refractivity contribution in [2.45, 2.75) is 270 Å². The molecule has 0 bridgehead atoms. The standard InChI is InChI=1S/C69H121N2O6P/c1-6-8-10-12-14-16-18-20-22-24-26-28-30-32-34-35-37-38-40-42-44-46-48-50-52-54-56-58-60-62-68(72)67(66-77-78(74,75)76-65-64-71(3,4)5)70-69(73)63-61-59-57-55-53-51-49-47-45-43-41-39-36-33-31-29-27-25-23-21-19-17-15-13-11-9-7-2/h9,11,15,17,21,23,27,29,33,36,41,43,47,49,52-55,60,62,67-68,72H,6-8,10,12-14,16,18-20,22,24-26,28,30-32,34-35,37-40,42,44-46,48,50-51,56-59,61,63-66H2,1-5H3,(H-,70,73,74,75)/b11-9-,17-15-,23-21-,29-27-,36-33-,43-41-,49-47-,54-52+,55-53-,62-60+. The van der Waals surface area contributed by atoms with Crippen LogP contribution in [-0.4, -0.2) is 68.5 Å². The van der Waals surface area contributed by atoms with Gasteiger partial charge in [-0.05, 0) is 96.3 Å². The van der Waals surface area contributed by atoms with E-state index in [0.29, 0.717) is 17.4 Å². The maximum Gasteiger partial charge on any atom is 0.268 e. The van der Waals surface area contributed by atoms with Gasteiger partial charge in [-0.25, -0.2) is 0 Å². The molecule has 9 heteroatoms. The maximum atomic E-state index is 13.0. The van der Waals surface area contributed by atoms with E-state index in [1.807, 2.05) is 27.2 Å². The quantitative estimate of drug-likeness (QED) is 0.0272. The lowest BCUT2D eigenvalue weighted by Gasteiger charge is -2.29. The lowest BCUT2D eigenvalue weighted by molar-refractivity contribution is -0.870. The Morgan fingerprint density at radius 2 is 0.795 bits per heavy atom. The van der Waals surface area contributed by atoms with Gasteiger partial charge in [-0.3, -0.25) is 9.36 Å². The Balaban J connectivity index is 4.30. The van der Waals surface area contributed by atoms with Gasteiger partial charge in [0.1, 0.15) is 13.2 Å². The lowest BCUT2D eigenvalue weighted by Crippen LogP contribution is -2.45. The Morgan fingerprint density at radius 1 is 0.462 bits per heavy atom. The molecule has 3 unspecified atom stereocenters. The third-order valence-corrected chi connectivity index (χ3v) is 14.6. The van der Waals surface area contributed by atoms with Crippen molar-refractivity contribution in [1.29, 1.82) is 0 Å². The summed E-state index contributed by atoms with van der Waals surface area (Å²) < 4.78 is 23.4.